The van der Waals surface area contributed by atoms with Crippen molar-refractivity contribution < 1.29 is 0 Å². The third-order valence-electron chi connectivity index (χ3n) is 3.71. The minimum Gasteiger partial charge on any atom is -0.356 e. The summed E-state index contributed by atoms with van der Waals surface area (Å²) >= 11 is 0. The van der Waals surface area contributed by atoms with Gasteiger partial charge in [0.25, 0.3) is 5.56 Å². The molecule has 4 nitrogen and oxygen atoms in total. The van der Waals surface area contributed by atoms with Crippen molar-refractivity contribution in [1.82, 2.24) is 9.97 Å². The Kier molecular flexibility index (Phi) is 2.28. The molecule has 17 heavy (non-hydrogen) atoms. The van der Waals surface area contributed by atoms with Gasteiger partial charge in [-0.15, -0.1) is 0 Å². The molecule has 0 unspecified atom stereocenters. The van der Waals surface area contributed by atoms with Crippen molar-refractivity contribution in [3.63, 3.8) is 0 Å². The highest BCUT2D eigenvalue weighted by Crippen LogP contribution is 2.38. The van der Waals surface area contributed by atoms with Crippen LogP contribution >= 0.6 is 0 Å². The molecule has 0 spiro atoms. The standard InChI is InChI=1S/C13H19N3O/c1-13(2)5-6-16(8-13)10-7-11(17)15-12(14-10)9-3-4-9/h7,9H,3-6,8H2,1-2H3,(H,14,15,17). The van der Waals surface area contributed by atoms with E-state index in [0.717, 1.165) is 37.6 Å². The summed E-state index contributed by atoms with van der Waals surface area (Å²) in [5.41, 5.74) is 0.325. The van der Waals surface area contributed by atoms with Crippen molar-refractivity contribution in [2.24, 2.45) is 5.41 Å². The van der Waals surface area contributed by atoms with Crippen LogP contribution in [-0.2, 0) is 0 Å². The Morgan fingerprint density at radius 1 is 1.47 bits per heavy atom. The summed E-state index contributed by atoms with van der Waals surface area (Å²) in [5, 5.41) is 0. The maximum absolute atomic E-state index is 11.6. The van der Waals surface area contributed by atoms with Crippen LogP contribution in [0.15, 0.2) is 10.9 Å². The highest BCUT2D eigenvalue weighted by Gasteiger charge is 2.31. The molecule has 2 fully saturated rings. The molecule has 1 saturated carbocycles. The van der Waals surface area contributed by atoms with Crippen LogP contribution < -0.4 is 10.5 Å². The van der Waals surface area contributed by atoms with Gasteiger partial charge in [0.05, 0.1) is 0 Å². The van der Waals surface area contributed by atoms with E-state index >= 15 is 0 Å². The molecule has 0 atom stereocenters. The summed E-state index contributed by atoms with van der Waals surface area (Å²) < 4.78 is 0. The average Bonchev–Trinajstić information content (AvgIpc) is 3.02. The number of aromatic nitrogens is 2. The molecular weight excluding hydrogens is 214 g/mol. The zero-order chi connectivity index (χ0) is 12.0. The molecule has 2 heterocycles. The van der Waals surface area contributed by atoms with Crippen LogP contribution in [0.2, 0.25) is 0 Å². The average molecular weight is 233 g/mol. The summed E-state index contributed by atoms with van der Waals surface area (Å²) in [6.07, 6.45) is 3.50. The Morgan fingerprint density at radius 2 is 2.24 bits per heavy atom. The van der Waals surface area contributed by atoms with Crippen LogP contribution in [0.4, 0.5) is 5.82 Å². The summed E-state index contributed by atoms with van der Waals surface area (Å²) in [6, 6.07) is 1.63. The Balaban J connectivity index is 1.90. The normalized spacial score (nSPS) is 23.1. The van der Waals surface area contributed by atoms with Gasteiger partial charge in [0, 0.05) is 25.1 Å². The van der Waals surface area contributed by atoms with Crippen LogP contribution in [0.3, 0.4) is 0 Å². The second kappa shape index (κ2) is 3.59. The quantitative estimate of drug-likeness (QED) is 0.848. The van der Waals surface area contributed by atoms with Crippen molar-refractivity contribution in [1.29, 1.82) is 0 Å². The Bertz CT molecular complexity index is 488. The predicted molar refractivity (Wildman–Crippen MR) is 67.4 cm³/mol. The number of hydrogen-bond donors (Lipinski definition) is 1. The van der Waals surface area contributed by atoms with Crippen molar-refractivity contribution in [3.05, 3.63) is 22.2 Å². The maximum Gasteiger partial charge on any atom is 0.252 e. The number of H-pyrrole nitrogens is 1. The first-order valence-corrected chi connectivity index (χ1v) is 6.40. The lowest BCUT2D eigenvalue weighted by atomic mass is 9.93. The minimum absolute atomic E-state index is 0.0124. The fourth-order valence-corrected chi connectivity index (χ4v) is 2.48. The molecule has 1 aliphatic carbocycles. The van der Waals surface area contributed by atoms with E-state index in [4.69, 9.17) is 0 Å². The van der Waals surface area contributed by atoms with Gasteiger partial charge >= 0.3 is 0 Å². The van der Waals surface area contributed by atoms with Crippen molar-refractivity contribution >= 4 is 5.82 Å². The number of hydrogen-bond acceptors (Lipinski definition) is 3. The Hall–Kier alpha value is -1.32. The molecule has 3 rings (SSSR count). The first-order chi connectivity index (χ1) is 8.03. The molecular formula is C13H19N3O. The van der Waals surface area contributed by atoms with Gasteiger partial charge in [0.15, 0.2) is 0 Å². The van der Waals surface area contributed by atoms with E-state index in [0.29, 0.717) is 11.3 Å². The van der Waals surface area contributed by atoms with Crippen molar-refractivity contribution in [3.8, 4) is 0 Å². The van der Waals surface area contributed by atoms with Gasteiger partial charge in [-0.2, -0.15) is 0 Å². The first kappa shape index (κ1) is 10.8. The molecule has 1 aromatic rings. The number of aromatic amines is 1. The molecule has 1 saturated heterocycles. The van der Waals surface area contributed by atoms with Crippen LogP contribution in [0.1, 0.15) is 44.9 Å². The lowest BCUT2D eigenvalue weighted by Gasteiger charge is -2.20. The largest absolute Gasteiger partial charge is 0.356 e. The van der Waals surface area contributed by atoms with Crippen LogP contribution in [0.5, 0.6) is 0 Å². The van der Waals surface area contributed by atoms with E-state index in [1.54, 1.807) is 6.07 Å². The molecule has 0 amide bonds. The number of nitrogens with one attached hydrogen (secondary N) is 1. The van der Waals surface area contributed by atoms with Crippen molar-refractivity contribution in [2.75, 3.05) is 18.0 Å². The zero-order valence-corrected chi connectivity index (χ0v) is 10.5. The summed E-state index contributed by atoms with van der Waals surface area (Å²) in [5.74, 6) is 2.25. The van der Waals surface area contributed by atoms with Gasteiger partial charge < -0.3 is 9.88 Å². The Morgan fingerprint density at radius 3 is 2.82 bits per heavy atom. The minimum atomic E-state index is -0.0124. The van der Waals surface area contributed by atoms with E-state index < -0.39 is 0 Å². The van der Waals surface area contributed by atoms with Crippen LogP contribution in [0, 0.1) is 5.41 Å². The van der Waals surface area contributed by atoms with E-state index in [-0.39, 0.29) is 5.56 Å². The van der Waals surface area contributed by atoms with Crippen LogP contribution in [-0.4, -0.2) is 23.1 Å². The monoisotopic (exact) mass is 233 g/mol. The summed E-state index contributed by atoms with van der Waals surface area (Å²) in [7, 11) is 0. The zero-order valence-electron chi connectivity index (χ0n) is 10.5. The van der Waals surface area contributed by atoms with Crippen molar-refractivity contribution in [2.45, 2.75) is 39.0 Å². The SMILES string of the molecule is CC1(C)CCN(c2cc(=O)[nH]c(C3CC3)n2)C1. The first-order valence-electron chi connectivity index (χ1n) is 6.40. The van der Waals surface area contributed by atoms with Gasteiger partial charge in [-0.05, 0) is 24.7 Å². The van der Waals surface area contributed by atoms with Gasteiger partial charge in [-0.1, -0.05) is 13.8 Å². The molecule has 92 valence electrons. The highest BCUT2D eigenvalue weighted by atomic mass is 16.1. The molecule has 0 aromatic carbocycles. The molecule has 4 heteroatoms. The molecule has 0 bridgehead atoms. The van der Waals surface area contributed by atoms with E-state index in [1.165, 1.54) is 6.42 Å². The van der Waals surface area contributed by atoms with E-state index in [9.17, 15) is 4.79 Å². The third-order valence-corrected chi connectivity index (χ3v) is 3.71. The lowest BCUT2D eigenvalue weighted by molar-refractivity contribution is 0.418. The van der Waals surface area contributed by atoms with Gasteiger partial charge in [-0.3, -0.25) is 4.79 Å². The lowest BCUT2D eigenvalue weighted by Crippen LogP contribution is -2.26. The van der Waals surface area contributed by atoms with Gasteiger partial charge in [0.1, 0.15) is 11.6 Å². The number of nitrogens with zero attached hydrogens (tertiary/aromatic N) is 2. The smallest absolute Gasteiger partial charge is 0.252 e. The number of rotatable bonds is 2. The van der Waals surface area contributed by atoms with Crippen LogP contribution in [0.25, 0.3) is 0 Å². The topological polar surface area (TPSA) is 49.0 Å². The third kappa shape index (κ3) is 2.21. The molecule has 2 aliphatic rings. The number of anilines is 1. The summed E-state index contributed by atoms with van der Waals surface area (Å²) in [6.45, 7) is 6.53. The maximum atomic E-state index is 11.6. The van der Waals surface area contributed by atoms with E-state index in [1.807, 2.05) is 0 Å². The highest BCUT2D eigenvalue weighted by molar-refractivity contribution is 5.40. The molecule has 1 aromatic heterocycles. The Labute approximate surface area is 101 Å². The van der Waals surface area contributed by atoms with Gasteiger partial charge in [-0.25, -0.2) is 4.98 Å². The fraction of sp³-hybridized carbons (Fsp3) is 0.692. The predicted octanol–water partition coefficient (Wildman–Crippen LogP) is 1.88. The fourth-order valence-electron chi connectivity index (χ4n) is 2.48. The molecule has 0 radical (unpaired) electrons. The van der Waals surface area contributed by atoms with Gasteiger partial charge in [0.2, 0.25) is 0 Å². The molecule has 1 N–H and O–H groups in total. The second-order valence-corrected chi connectivity index (χ2v) is 6.10. The second-order valence-electron chi connectivity index (χ2n) is 6.10. The summed E-state index contributed by atoms with van der Waals surface area (Å²) in [4.78, 5) is 21.4. The molecule has 1 aliphatic heterocycles. The van der Waals surface area contributed by atoms with E-state index in [2.05, 4.69) is 28.7 Å².